The van der Waals surface area contributed by atoms with Crippen LogP contribution < -0.4 is 0 Å². The van der Waals surface area contributed by atoms with Gasteiger partial charge in [-0.05, 0) is 18.4 Å². The van der Waals surface area contributed by atoms with Crippen molar-refractivity contribution in [2.24, 2.45) is 0 Å². The van der Waals surface area contributed by atoms with Crippen molar-refractivity contribution < 1.29 is 0 Å². The van der Waals surface area contributed by atoms with Crippen molar-refractivity contribution >= 4 is 6.08 Å². The molecule has 0 aliphatic heterocycles. The Kier molecular flexibility index (Phi) is 15.2. The van der Waals surface area contributed by atoms with E-state index in [1.165, 1.54) is 95.5 Å². The minimum atomic E-state index is 1.22. The van der Waals surface area contributed by atoms with Crippen molar-refractivity contribution in [3.63, 3.8) is 0 Å². The number of hydrogen-bond acceptors (Lipinski definition) is 0. The summed E-state index contributed by atoms with van der Waals surface area (Å²) in [5.74, 6) is 0. The third-order valence-electron chi connectivity index (χ3n) is 4.81. The number of rotatable bonds is 16. The van der Waals surface area contributed by atoms with Crippen LogP contribution in [0.25, 0.3) is 6.08 Å². The van der Waals surface area contributed by atoms with Gasteiger partial charge in [-0.15, -0.1) is 0 Å². The second-order valence-corrected chi connectivity index (χ2v) is 7.23. The normalized spacial score (nSPS) is 11.7. The van der Waals surface area contributed by atoms with Crippen LogP contribution in [0.2, 0.25) is 0 Å². The van der Waals surface area contributed by atoms with Crippen molar-refractivity contribution in [2.75, 3.05) is 0 Å². The van der Waals surface area contributed by atoms with Gasteiger partial charge < -0.3 is 0 Å². The molecule has 0 saturated carbocycles. The highest BCUT2D eigenvalue weighted by Crippen LogP contribution is 2.13. The van der Waals surface area contributed by atoms with Gasteiger partial charge in [-0.25, -0.2) is 0 Å². The van der Waals surface area contributed by atoms with Crippen LogP contribution in [0.5, 0.6) is 0 Å². The van der Waals surface area contributed by atoms with Gasteiger partial charge in [0, 0.05) is 0 Å². The fourth-order valence-electron chi connectivity index (χ4n) is 3.19. The third-order valence-corrected chi connectivity index (χ3v) is 4.81. The maximum atomic E-state index is 2.30. The SMILES string of the molecule is CCCCCCCCCCCCCCCC=C/C=C/c1ccccc1. The summed E-state index contributed by atoms with van der Waals surface area (Å²) in [7, 11) is 0. The second kappa shape index (κ2) is 17.5. The number of hydrogen-bond donors (Lipinski definition) is 0. The first-order valence-electron chi connectivity index (χ1n) is 10.8. The Labute approximate surface area is 157 Å². The van der Waals surface area contributed by atoms with Crippen LogP contribution in [-0.2, 0) is 0 Å². The van der Waals surface area contributed by atoms with E-state index in [1.54, 1.807) is 0 Å². The number of allylic oxidation sites excluding steroid dienone is 3. The molecule has 1 aromatic rings. The van der Waals surface area contributed by atoms with E-state index in [2.05, 4.69) is 61.6 Å². The van der Waals surface area contributed by atoms with Gasteiger partial charge in [0.25, 0.3) is 0 Å². The Morgan fingerprint density at radius 1 is 0.600 bits per heavy atom. The molecule has 1 aromatic carbocycles. The summed E-state index contributed by atoms with van der Waals surface area (Å²) < 4.78 is 0. The van der Waals surface area contributed by atoms with Gasteiger partial charge in [-0.2, -0.15) is 0 Å². The first-order chi connectivity index (χ1) is 12.4. The Bertz CT molecular complexity index is 427. The zero-order valence-corrected chi connectivity index (χ0v) is 16.6. The van der Waals surface area contributed by atoms with Gasteiger partial charge in [0.15, 0.2) is 0 Å². The molecule has 0 spiro atoms. The quantitative estimate of drug-likeness (QED) is 0.208. The molecule has 0 unspecified atom stereocenters. The molecule has 25 heavy (non-hydrogen) atoms. The monoisotopic (exact) mass is 340 g/mol. The summed E-state index contributed by atoms with van der Waals surface area (Å²) in [4.78, 5) is 0. The molecule has 140 valence electrons. The first-order valence-corrected chi connectivity index (χ1v) is 10.8. The molecule has 0 saturated heterocycles. The van der Waals surface area contributed by atoms with Crippen molar-refractivity contribution in [3.8, 4) is 0 Å². The standard InChI is InChI=1S/C25H40/c1-2-3-4-5-6-7-8-9-10-11-12-13-14-15-16-17-19-22-25-23-20-18-21-24-25/h16-24H,2-15H2,1H3/b17-16?,22-19+. The maximum Gasteiger partial charge on any atom is -0.0257 e. The van der Waals surface area contributed by atoms with Gasteiger partial charge in [0.1, 0.15) is 0 Å². The molecule has 0 heteroatoms. The predicted molar refractivity (Wildman–Crippen MR) is 115 cm³/mol. The van der Waals surface area contributed by atoms with Gasteiger partial charge in [0.2, 0.25) is 0 Å². The lowest BCUT2D eigenvalue weighted by molar-refractivity contribution is 0.540. The third kappa shape index (κ3) is 14.7. The first kappa shape index (κ1) is 21.7. The average molecular weight is 341 g/mol. The molecule has 0 aliphatic carbocycles. The van der Waals surface area contributed by atoms with E-state index in [-0.39, 0.29) is 0 Å². The largest absolute Gasteiger partial charge is 0.0845 e. The zero-order valence-electron chi connectivity index (χ0n) is 16.6. The lowest BCUT2D eigenvalue weighted by Gasteiger charge is -2.02. The zero-order chi connectivity index (χ0) is 17.8. The van der Waals surface area contributed by atoms with Gasteiger partial charge in [-0.3, -0.25) is 0 Å². The minimum Gasteiger partial charge on any atom is -0.0845 e. The van der Waals surface area contributed by atoms with Crippen molar-refractivity contribution in [2.45, 2.75) is 96.8 Å². The minimum absolute atomic E-state index is 1.22. The molecular weight excluding hydrogens is 300 g/mol. The van der Waals surface area contributed by atoms with Gasteiger partial charge in [-0.1, -0.05) is 139 Å². The molecular formula is C25H40. The molecule has 0 bridgehead atoms. The van der Waals surface area contributed by atoms with E-state index >= 15 is 0 Å². The molecule has 0 fully saturated rings. The van der Waals surface area contributed by atoms with E-state index in [1.807, 2.05) is 0 Å². The molecule has 1 rings (SSSR count). The van der Waals surface area contributed by atoms with E-state index < -0.39 is 0 Å². The van der Waals surface area contributed by atoms with Crippen LogP contribution in [0.4, 0.5) is 0 Å². The van der Waals surface area contributed by atoms with Crippen LogP contribution in [0.1, 0.15) is 102 Å². The Balaban J connectivity index is 1.80. The molecule has 0 atom stereocenters. The Hall–Kier alpha value is -1.30. The molecule has 0 N–H and O–H groups in total. The highest BCUT2D eigenvalue weighted by Gasteiger charge is 1.93. The van der Waals surface area contributed by atoms with E-state index in [4.69, 9.17) is 0 Å². The highest BCUT2D eigenvalue weighted by molar-refractivity contribution is 5.50. The van der Waals surface area contributed by atoms with Crippen LogP contribution >= 0.6 is 0 Å². The maximum absolute atomic E-state index is 2.30. The van der Waals surface area contributed by atoms with Crippen molar-refractivity contribution in [1.82, 2.24) is 0 Å². The van der Waals surface area contributed by atoms with E-state index in [9.17, 15) is 0 Å². The molecule has 0 aromatic heterocycles. The molecule has 0 amide bonds. The summed E-state index contributed by atoms with van der Waals surface area (Å²) in [5, 5.41) is 0. The smallest absolute Gasteiger partial charge is 0.0257 e. The summed E-state index contributed by atoms with van der Waals surface area (Å²) in [6, 6.07) is 10.5. The molecule has 0 radical (unpaired) electrons. The topological polar surface area (TPSA) is 0 Å². The summed E-state index contributed by atoms with van der Waals surface area (Å²) in [6.07, 6.45) is 28.6. The van der Waals surface area contributed by atoms with Crippen molar-refractivity contribution in [1.29, 1.82) is 0 Å². The van der Waals surface area contributed by atoms with E-state index in [0.29, 0.717) is 0 Å². The van der Waals surface area contributed by atoms with Crippen LogP contribution in [-0.4, -0.2) is 0 Å². The Morgan fingerprint density at radius 2 is 1.12 bits per heavy atom. The summed E-state index contributed by atoms with van der Waals surface area (Å²) in [5.41, 5.74) is 1.27. The second-order valence-electron chi connectivity index (χ2n) is 7.23. The van der Waals surface area contributed by atoms with Crippen LogP contribution in [0.3, 0.4) is 0 Å². The highest BCUT2D eigenvalue weighted by atomic mass is 14.0. The van der Waals surface area contributed by atoms with Crippen LogP contribution in [0, 0.1) is 0 Å². The molecule has 0 nitrogen and oxygen atoms in total. The molecule has 0 aliphatic rings. The Morgan fingerprint density at radius 3 is 1.68 bits per heavy atom. The lowest BCUT2D eigenvalue weighted by Crippen LogP contribution is -1.82. The van der Waals surface area contributed by atoms with Gasteiger partial charge in [0.05, 0.1) is 0 Å². The number of unbranched alkanes of at least 4 members (excludes halogenated alkanes) is 13. The van der Waals surface area contributed by atoms with Gasteiger partial charge >= 0.3 is 0 Å². The summed E-state index contributed by atoms with van der Waals surface area (Å²) in [6.45, 7) is 2.29. The van der Waals surface area contributed by atoms with Crippen molar-refractivity contribution in [3.05, 3.63) is 54.1 Å². The predicted octanol–water partition coefficient (Wildman–Crippen LogP) is 8.74. The summed E-state index contributed by atoms with van der Waals surface area (Å²) >= 11 is 0. The van der Waals surface area contributed by atoms with E-state index in [0.717, 1.165) is 0 Å². The number of benzene rings is 1. The lowest BCUT2D eigenvalue weighted by atomic mass is 10.0. The molecule has 0 heterocycles. The average Bonchev–Trinajstić information content (AvgIpc) is 2.65. The fraction of sp³-hybridized carbons (Fsp3) is 0.600. The van der Waals surface area contributed by atoms with Crippen LogP contribution in [0.15, 0.2) is 48.6 Å². The fourth-order valence-corrected chi connectivity index (χ4v) is 3.19.